The van der Waals surface area contributed by atoms with Crippen molar-refractivity contribution in [2.75, 3.05) is 20.8 Å². The first kappa shape index (κ1) is 24.7. The Kier molecular flexibility index (Phi) is 10.8. The third-order valence-electron chi connectivity index (χ3n) is 4.03. The number of nitrogens with one attached hydrogen (secondary N) is 2. The zero-order valence-corrected chi connectivity index (χ0v) is 20.4. The van der Waals surface area contributed by atoms with Crippen molar-refractivity contribution in [1.29, 1.82) is 0 Å². The van der Waals surface area contributed by atoms with Crippen LogP contribution >= 0.6 is 47.2 Å². The number of methoxy groups -OCH3 is 1. The third kappa shape index (κ3) is 6.63. The highest BCUT2D eigenvalue weighted by molar-refractivity contribution is 14.0. The summed E-state index contributed by atoms with van der Waals surface area (Å²) in [5.41, 5.74) is 2.02. The van der Waals surface area contributed by atoms with Crippen molar-refractivity contribution in [3.05, 3.63) is 45.7 Å². The Balaban J connectivity index is 0.00000392. The number of benzene rings is 1. The number of rotatable bonds is 8. The van der Waals surface area contributed by atoms with Crippen LogP contribution in [0.5, 0.6) is 11.5 Å². The van der Waals surface area contributed by atoms with Gasteiger partial charge < -0.3 is 24.7 Å². The van der Waals surface area contributed by atoms with Crippen LogP contribution in [0.25, 0.3) is 0 Å². The van der Waals surface area contributed by atoms with Gasteiger partial charge in [-0.2, -0.15) is 0 Å². The summed E-state index contributed by atoms with van der Waals surface area (Å²) in [5.74, 6) is 2.15. The molecule has 2 rings (SSSR count). The Morgan fingerprint density at radius 1 is 1.14 bits per heavy atom. The number of ether oxygens (including phenoxy) is 2. The second kappa shape index (κ2) is 12.3. The molecular weight excluding hydrogens is 514 g/mol. The van der Waals surface area contributed by atoms with Gasteiger partial charge in [0.25, 0.3) is 0 Å². The zero-order chi connectivity index (χ0) is 19.8. The van der Waals surface area contributed by atoms with Gasteiger partial charge in [-0.3, -0.25) is 4.99 Å². The van der Waals surface area contributed by atoms with Crippen LogP contribution in [-0.4, -0.2) is 31.3 Å². The maximum atomic E-state index is 6.10. The number of aromatic nitrogens is 1. The topological polar surface area (TPSA) is 59.8 Å². The molecule has 9 heteroatoms. The van der Waals surface area contributed by atoms with E-state index in [1.165, 1.54) is 0 Å². The SMILES string of the molecule is CCCOc1ccc(CNC(=NC)NCc2cc(Cl)c(Cl)n2C)cc1OC.I. The quantitative estimate of drug-likeness (QED) is 0.291. The van der Waals surface area contributed by atoms with Gasteiger partial charge in [0.15, 0.2) is 17.5 Å². The molecule has 156 valence electrons. The Bertz CT molecular complexity index is 796. The summed E-state index contributed by atoms with van der Waals surface area (Å²) in [7, 11) is 5.24. The monoisotopic (exact) mass is 540 g/mol. The first-order valence-corrected chi connectivity index (χ1v) is 9.49. The molecule has 1 aromatic heterocycles. The van der Waals surface area contributed by atoms with Crippen LogP contribution in [0.15, 0.2) is 29.3 Å². The Labute approximate surface area is 193 Å². The second-order valence-corrected chi connectivity index (χ2v) is 6.71. The minimum absolute atomic E-state index is 0. The van der Waals surface area contributed by atoms with E-state index in [0.29, 0.717) is 35.8 Å². The standard InChI is InChI=1S/C19H26Cl2N4O2.HI/c1-5-8-27-16-7-6-13(9-17(16)26-4)11-23-19(22-2)24-12-14-10-15(20)18(21)25(14)3;/h6-7,9-10H,5,8,11-12H2,1-4H3,(H2,22,23,24);1H. The molecule has 0 saturated heterocycles. The van der Waals surface area contributed by atoms with E-state index in [1.807, 2.05) is 35.9 Å². The summed E-state index contributed by atoms with van der Waals surface area (Å²) in [6, 6.07) is 7.73. The van der Waals surface area contributed by atoms with Crippen LogP contribution in [0, 0.1) is 0 Å². The van der Waals surface area contributed by atoms with Gasteiger partial charge in [0, 0.05) is 26.3 Å². The van der Waals surface area contributed by atoms with Gasteiger partial charge in [-0.25, -0.2) is 0 Å². The van der Waals surface area contributed by atoms with Gasteiger partial charge in [-0.15, -0.1) is 24.0 Å². The molecule has 1 heterocycles. The van der Waals surface area contributed by atoms with Gasteiger partial charge in [0.2, 0.25) is 0 Å². The zero-order valence-electron chi connectivity index (χ0n) is 16.5. The van der Waals surface area contributed by atoms with Crippen LogP contribution in [0.3, 0.4) is 0 Å². The molecule has 1 aromatic carbocycles. The lowest BCUT2D eigenvalue weighted by atomic mass is 10.2. The Morgan fingerprint density at radius 3 is 2.43 bits per heavy atom. The van der Waals surface area contributed by atoms with Gasteiger partial charge >= 0.3 is 0 Å². The van der Waals surface area contributed by atoms with E-state index in [2.05, 4.69) is 22.5 Å². The van der Waals surface area contributed by atoms with E-state index in [1.54, 1.807) is 14.2 Å². The maximum absolute atomic E-state index is 6.10. The van der Waals surface area contributed by atoms with E-state index < -0.39 is 0 Å². The molecule has 0 aliphatic carbocycles. The first-order valence-electron chi connectivity index (χ1n) is 8.74. The predicted octanol–water partition coefficient (Wildman–Crippen LogP) is 4.61. The van der Waals surface area contributed by atoms with Gasteiger partial charge in [-0.05, 0) is 30.2 Å². The van der Waals surface area contributed by atoms with Crippen molar-refractivity contribution in [3.63, 3.8) is 0 Å². The molecular formula is C19H27Cl2IN4O2. The predicted molar refractivity (Wildman–Crippen MR) is 127 cm³/mol. The van der Waals surface area contributed by atoms with E-state index >= 15 is 0 Å². The number of hydrogen-bond donors (Lipinski definition) is 2. The number of halogens is 3. The number of aliphatic imine (C=N–C) groups is 1. The maximum Gasteiger partial charge on any atom is 0.191 e. The highest BCUT2D eigenvalue weighted by Crippen LogP contribution is 2.28. The van der Waals surface area contributed by atoms with Crippen LogP contribution in [0.2, 0.25) is 10.2 Å². The number of nitrogens with zero attached hydrogens (tertiary/aromatic N) is 2. The minimum Gasteiger partial charge on any atom is -0.493 e. The normalized spacial score (nSPS) is 11.0. The first-order chi connectivity index (χ1) is 13.0. The second-order valence-electron chi connectivity index (χ2n) is 5.95. The average Bonchev–Trinajstić information content (AvgIpc) is 2.93. The molecule has 2 N–H and O–H groups in total. The highest BCUT2D eigenvalue weighted by Gasteiger charge is 2.10. The van der Waals surface area contributed by atoms with Crippen molar-refractivity contribution >= 4 is 53.1 Å². The van der Waals surface area contributed by atoms with Gasteiger partial charge in [0.05, 0.1) is 25.3 Å². The van der Waals surface area contributed by atoms with Crippen molar-refractivity contribution in [3.8, 4) is 11.5 Å². The van der Waals surface area contributed by atoms with E-state index in [4.69, 9.17) is 32.7 Å². The smallest absolute Gasteiger partial charge is 0.191 e. The van der Waals surface area contributed by atoms with Gasteiger partial charge in [-0.1, -0.05) is 36.2 Å². The van der Waals surface area contributed by atoms with Crippen molar-refractivity contribution in [1.82, 2.24) is 15.2 Å². The summed E-state index contributed by atoms with van der Waals surface area (Å²) in [6.45, 7) is 3.88. The molecule has 0 atom stereocenters. The third-order valence-corrected chi connectivity index (χ3v) is 4.87. The molecule has 6 nitrogen and oxygen atoms in total. The Hall–Kier alpha value is -1.32. The average molecular weight is 541 g/mol. The molecule has 28 heavy (non-hydrogen) atoms. The fourth-order valence-electron chi connectivity index (χ4n) is 2.49. The number of guanidine groups is 1. The summed E-state index contributed by atoms with van der Waals surface area (Å²) in [4.78, 5) is 4.24. The Morgan fingerprint density at radius 2 is 1.86 bits per heavy atom. The minimum atomic E-state index is 0. The molecule has 0 amide bonds. The molecule has 0 unspecified atom stereocenters. The molecule has 2 aromatic rings. The molecule has 0 aliphatic heterocycles. The van der Waals surface area contributed by atoms with Crippen LogP contribution < -0.4 is 20.1 Å². The van der Waals surface area contributed by atoms with E-state index in [0.717, 1.165) is 29.2 Å². The van der Waals surface area contributed by atoms with Crippen LogP contribution in [0.1, 0.15) is 24.6 Å². The lowest BCUT2D eigenvalue weighted by Crippen LogP contribution is -2.36. The van der Waals surface area contributed by atoms with E-state index in [9.17, 15) is 0 Å². The fourth-order valence-corrected chi connectivity index (χ4v) is 2.91. The highest BCUT2D eigenvalue weighted by atomic mass is 127. The molecule has 0 fully saturated rings. The van der Waals surface area contributed by atoms with Crippen molar-refractivity contribution < 1.29 is 9.47 Å². The van der Waals surface area contributed by atoms with Crippen LogP contribution in [-0.2, 0) is 20.1 Å². The van der Waals surface area contributed by atoms with Crippen molar-refractivity contribution in [2.24, 2.45) is 12.0 Å². The number of hydrogen-bond acceptors (Lipinski definition) is 3. The lowest BCUT2D eigenvalue weighted by molar-refractivity contribution is 0.294. The summed E-state index contributed by atoms with van der Waals surface area (Å²) < 4.78 is 12.9. The lowest BCUT2D eigenvalue weighted by Gasteiger charge is -2.14. The summed E-state index contributed by atoms with van der Waals surface area (Å²) >= 11 is 12.1. The largest absolute Gasteiger partial charge is 0.493 e. The van der Waals surface area contributed by atoms with Crippen molar-refractivity contribution in [2.45, 2.75) is 26.4 Å². The molecule has 0 aliphatic rings. The fraction of sp³-hybridized carbons (Fsp3) is 0.421. The van der Waals surface area contributed by atoms with Gasteiger partial charge in [0.1, 0.15) is 5.15 Å². The molecule has 0 saturated carbocycles. The molecule has 0 radical (unpaired) electrons. The molecule has 0 spiro atoms. The molecule has 0 bridgehead atoms. The van der Waals surface area contributed by atoms with Crippen LogP contribution in [0.4, 0.5) is 0 Å². The summed E-state index contributed by atoms with van der Waals surface area (Å²) in [6.07, 6.45) is 0.950. The summed E-state index contributed by atoms with van der Waals surface area (Å²) in [5, 5.41) is 7.59. The van der Waals surface area contributed by atoms with E-state index in [-0.39, 0.29) is 24.0 Å².